The first-order valence-electron chi connectivity index (χ1n) is 5.76. The first-order chi connectivity index (χ1) is 8.14. The zero-order valence-corrected chi connectivity index (χ0v) is 11.1. The van der Waals surface area contributed by atoms with Crippen molar-refractivity contribution in [3.8, 4) is 0 Å². The highest BCUT2D eigenvalue weighted by molar-refractivity contribution is 5.32. The van der Waals surface area contributed by atoms with E-state index < -0.39 is 0 Å². The van der Waals surface area contributed by atoms with Gasteiger partial charge < -0.3 is 4.74 Å². The number of allylic oxidation sites excluding steroid dienone is 7. The fourth-order valence-corrected chi connectivity index (χ4v) is 1.32. The van der Waals surface area contributed by atoms with Gasteiger partial charge in [-0.3, -0.25) is 0 Å². The van der Waals surface area contributed by atoms with E-state index in [1.165, 1.54) is 0 Å². The first-order valence-corrected chi connectivity index (χ1v) is 5.76. The van der Waals surface area contributed by atoms with E-state index in [0.29, 0.717) is 5.76 Å². The van der Waals surface area contributed by atoms with Gasteiger partial charge in [-0.25, -0.2) is 0 Å². The van der Waals surface area contributed by atoms with E-state index >= 15 is 0 Å². The van der Waals surface area contributed by atoms with Gasteiger partial charge in [0.25, 0.3) is 0 Å². The minimum atomic E-state index is 0.713. The number of hydrogen-bond donors (Lipinski definition) is 0. The first kappa shape index (κ1) is 15.2. The van der Waals surface area contributed by atoms with Crippen LogP contribution in [0.25, 0.3) is 0 Å². The van der Waals surface area contributed by atoms with Crippen molar-refractivity contribution in [1.29, 1.82) is 0 Å². The molecule has 0 aromatic rings. The number of hydrogen-bond acceptors (Lipinski definition) is 1. The van der Waals surface area contributed by atoms with Gasteiger partial charge in [-0.05, 0) is 43.6 Å². The van der Waals surface area contributed by atoms with Gasteiger partial charge in [-0.15, -0.1) is 0 Å². The monoisotopic (exact) mass is 230 g/mol. The maximum Gasteiger partial charge on any atom is 0.130 e. The molecular weight excluding hydrogens is 208 g/mol. The molecule has 0 radical (unpaired) electrons. The molecule has 0 heterocycles. The summed E-state index contributed by atoms with van der Waals surface area (Å²) in [6.45, 7) is 17.3. The summed E-state index contributed by atoms with van der Waals surface area (Å²) in [6, 6.07) is 0. The third-order valence-corrected chi connectivity index (χ3v) is 2.35. The molecule has 0 aromatic carbocycles. The lowest BCUT2D eigenvalue weighted by molar-refractivity contribution is 0.328. The third-order valence-electron chi connectivity index (χ3n) is 2.35. The minimum Gasteiger partial charge on any atom is -0.457 e. The van der Waals surface area contributed by atoms with Crippen LogP contribution in [0, 0.1) is 0 Å². The van der Waals surface area contributed by atoms with Crippen molar-refractivity contribution < 1.29 is 4.74 Å². The van der Waals surface area contributed by atoms with Crippen LogP contribution in [0.15, 0.2) is 72.8 Å². The van der Waals surface area contributed by atoms with E-state index in [2.05, 4.69) is 26.7 Å². The van der Waals surface area contributed by atoms with Crippen molar-refractivity contribution in [3.05, 3.63) is 72.8 Å². The SMILES string of the molecule is C=C/C(C)=C(\C=C)O/C(C=C)=C(/C=C\C)CC. The summed E-state index contributed by atoms with van der Waals surface area (Å²) in [4.78, 5) is 0. The molecule has 0 N–H and O–H groups in total. The molecule has 0 fully saturated rings. The van der Waals surface area contributed by atoms with E-state index in [9.17, 15) is 0 Å². The zero-order valence-electron chi connectivity index (χ0n) is 11.1. The lowest BCUT2D eigenvalue weighted by Crippen LogP contribution is -1.95. The van der Waals surface area contributed by atoms with E-state index in [4.69, 9.17) is 4.74 Å². The van der Waals surface area contributed by atoms with Crippen LogP contribution in [0.2, 0.25) is 0 Å². The van der Waals surface area contributed by atoms with E-state index in [1.54, 1.807) is 18.2 Å². The van der Waals surface area contributed by atoms with Gasteiger partial charge in [0, 0.05) is 0 Å². The standard InChI is InChI=1S/C16H22O/c1-7-12-14(9-3)16(11-5)17-15(10-4)13(6)8-2/h7-8,10-12H,2,4-5,9H2,1,3,6H3/b12-7-,15-13+,16-14+. The maximum absolute atomic E-state index is 5.81. The Kier molecular flexibility index (Phi) is 7.53. The average Bonchev–Trinajstić information content (AvgIpc) is 2.37. The van der Waals surface area contributed by atoms with Gasteiger partial charge in [0.2, 0.25) is 0 Å². The molecule has 0 rings (SSSR count). The van der Waals surface area contributed by atoms with Crippen LogP contribution in [0.4, 0.5) is 0 Å². The number of ether oxygens (including phenoxy) is 1. The molecule has 0 spiro atoms. The molecule has 0 aliphatic heterocycles. The van der Waals surface area contributed by atoms with Gasteiger partial charge in [0.1, 0.15) is 11.5 Å². The van der Waals surface area contributed by atoms with Crippen LogP contribution in [-0.2, 0) is 4.74 Å². The molecule has 92 valence electrons. The molecule has 1 nitrogen and oxygen atoms in total. The van der Waals surface area contributed by atoms with E-state index in [0.717, 1.165) is 23.3 Å². The molecule has 0 aliphatic rings. The summed E-state index contributed by atoms with van der Waals surface area (Å²) < 4.78 is 5.81. The predicted molar refractivity (Wildman–Crippen MR) is 76.5 cm³/mol. The van der Waals surface area contributed by atoms with E-state index in [1.807, 2.05) is 26.0 Å². The van der Waals surface area contributed by atoms with Gasteiger partial charge in [-0.2, -0.15) is 0 Å². The Balaban J connectivity index is 5.37. The average molecular weight is 230 g/mol. The van der Waals surface area contributed by atoms with Crippen LogP contribution < -0.4 is 0 Å². The Hall–Kier alpha value is -1.76. The van der Waals surface area contributed by atoms with Crippen molar-refractivity contribution in [2.75, 3.05) is 0 Å². The van der Waals surface area contributed by atoms with Crippen LogP contribution in [-0.4, -0.2) is 0 Å². The van der Waals surface area contributed by atoms with Gasteiger partial charge in [-0.1, -0.05) is 44.9 Å². The molecule has 17 heavy (non-hydrogen) atoms. The second-order valence-electron chi connectivity index (χ2n) is 3.50. The summed E-state index contributed by atoms with van der Waals surface area (Å²) >= 11 is 0. The fraction of sp³-hybridized carbons (Fsp3) is 0.250. The van der Waals surface area contributed by atoms with Crippen LogP contribution in [0.5, 0.6) is 0 Å². The lowest BCUT2D eigenvalue weighted by atomic mass is 10.1. The molecule has 0 aromatic heterocycles. The molecule has 0 bridgehead atoms. The van der Waals surface area contributed by atoms with Crippen molar-refractivity contribution >= 4 is 0 Å². The highest BCUT2D eigenvalue weighted by Crippen LogP contribution is 2.19. The summed E-state index contributed by atoms with van der Waals surface area (Å²) in [5.74, 6) is 1.48. The molecule has 0 atom stereocenters. The van der Waals surface area contributed by atoms with Crippen LogP contribution >= 0.6 is 0 Å². The predicted octanol–water partition coefficient (Wildman–Crippen LogP) is 5.08. The summed E-state index contributed by atoms with van der Waals surface area (Å²) in [5, 5.41) is 0. The second kappa shape index (κ2) is 8.40. The van der Waals surface area contributed by atoms with Gasteiger partial charge in [0.05, 0.1) is 0 Å². The third kappa shape index (κ3) is 4.73. The van der Waals surface area contributed by atoms with Crippen LogP contribution in [0.1, 0.15) is 27.2 Å². The van der Waals surface area contributed by atoms with Gasteiger partial charge >= 0.3 is 0 Å². The summed E-state index contributed by atoms with van der Waals surface area (Å²) in [6.07, 6.45) is 10.1. The molecule has 0 aliphatic carbocycles. The Bertz CT molecular complexity index is 378. The maximum atomic E-state index is 5.81. The zero-order chi connectivity index (χ0) is 13.3. The highest BCUT2D eigenvalue weighted by Gasteiger charge is 2.04. The lowest BCUT2D eigenvalue weighted by Gasteiger charge is -2.12. The second-order valence-corrected chi connectivity index (χ2v) is 3.50. The topological polar surface area (TPSA) is 9.23 Å². The van der Waals surface area contributed by atoms with Crippen LogP contribution in [0.3, 0.4) is 0 Å². The summed E-state index contributed by atoms with van der Waals surface area (Å²) in [7, 11) is 0. The molecule has 0 saturated carbocycles. The van der Waals surface area contributed by atoms with Crippen molar-refractivity contribution in [1.82, 2.24) is 0 Å². The highest BCUT2D eigenvalue weighted by atomic mass is 16.5. The molecular formula is C16H22O. The molecule has 0 amide bonds. The van der Waals surface area contributed by atoms with Crippen molar-refractivity contribution in [2.24, 2.45) is 0 Å². The molecule has 1 heteroatoms. The number of rotatable bonds is 7. The largest absolute Gasteiger partial charge is 0.457 e. The Labute approximate surface area is 105 Å². The minimum absolute atomic E-state index is 0.713. The molecule has 0 saturated heterocycles. The Morgan fingerprint density at radius 3 is 2.00 bits per heavy atom. The Morgan fingerprint density at radius 2 is 1.65 bits per heavy atom. The van der Waals surface area contributed by atoms with Crippen molar-refractivity contribution in [3.63, 3.8) is 0 Å². The normalized spacial score (nSPS) is 13.8. The summed E-state index contributed by atoms with van der Waals surface area (Å²) in [5.41, 5.74) is 2.06. The quantitative estimate of drug-likeness (QED) is 0.438. The van der Waals surface area contributed by atoms with E-state index in [-0.39, 0.29) is 0 Å². The smallest absolute Gasteiger partial charge is 0.130 e. The fourth-order valence-electron chi connectivity index (χ4n) is 1.32. The Morgan fingerprint density at radius 1 is 1.06 bits per heavy atom. The van der Waals surface area contributed by atoms with Crippen molar-refractivity contribution in [2.45, 2.75) is 27.2 Å². The molecule has 0 unspecified atom stereocenters. The van der Waals surface area contributed by atoms with Gasteiger partial charge in [0.15, 0.2) is 0 Å².